The van der Waals surface area contributed by atoms with Crippen LogP contribution in [0, 0.1) is 6.92 Å². The van der Waals surface area contributed by atoms with Crippen LogP contribution in [-0.2, 0) is 0 Å². The van der Waals surface area contributed by atoms with E-state index in [1.807, 2.05) is 13.0 Å². The second kappa shape index (κ2) is 5.28. The van der Waals surface area contributed by atoms with Gasteiger partial charge in [0.2, 0.25) is 5.95 Å². The highest BCUT2D eigenvalue weighted by Gasteiger charge is 2.24. The molecule has 2 heterocycles. The second-order valence-electron chi connectivity index (χ2n) is 4.72. The first-order chi connectivity index (χ1) is 9.01. The van der Waals surface area contributed by atoms with E-state index in [0.717, 1.165) is 15.1 Å². The Morgan fingerprint density at radius 1 is 1.32 bits per heavy atom. The number of hydrogen-bond acceptors (Lipinski definition) is 7. The first-order valence-corrected chi connectivity index (χ1v) is 6.79. The van der Waals surface area contributed by atoms with Gasteiger partial charge in [0.25, 0.3) is 0 Å². The third-order valence-electron chi connectivity index (χ3n) is 2.86. The van der Waals surface area contributed by atoms with Crippen LogP contribution in [0.4, 0.5) is 11.8 Å². The van der Waals surface area contributed by atoms with E-state index in [-0.39, 0.29) is 13.2 Å². The summed E-state index contributed by atoms with van der Waals surface area (Å²) in [6.45, 7) is 3.37. The number of aromatic nitrogens is 2. The lowest BCUT2D eigenvalue weighted by molar-refractivity contribution is 0.147. The molecule has 0 bridgehead atoms. The molecule has 2 aromatic rings. The van der Waals surface area contributed by atoms with Crippen LogP contribution in [0.1, 0.15) is 11.8 Å². The average Bonchev–Trinajstić information content (AvgIpc) is 2.79. The summed E-state index contributed by atoms with van der Waals surface area (Å²) in [7, 11) is 1.75. The molecule has 7 heteroatoms. The minimum absolute atomic E-state index is 0.187. The van der Waals surface area contributed by atoms with Crippen molar-refractivity contribution in [2.45, 2.75) is 19.4 Å². The maximum Gasteiger partial charge on any atom is 0.225 e. The number of hydrogen-bond donors (Lipinski definition) is 4. The van der Waals surface area contributed by atoms with Gasteiger partial charge in [0, 0.05) is 11.9 Å². The van der Waals surface area contributed by atoms with Gasteiger partial charge in [-0.2, -0.15) is 4.98 Å². The number of fused-ring (bicyclic) bond motifs is 1. The van der Waals surface area contributed by atoms with Gasteiger partial charge < -0.3 is 20.8 Å². The SMILES string of the molecule is CNc1nc(NC(C)(CO)CO)c2cc(C)sc2n1. The Labute approximate surface area is 115 Å². The zero-order valence-corrected chi connectivity index (χ0v) is 12.0. The first kappa shape index (κ1) is 14.0. The molecule has 0 radical (unpaired) electrons. The zero-order valence-electron chi connectivity index (χ0n) is 11.2. The van der Waals surface area contributed by atoms with E-state index in [2.05, 4.69) is 20.6 Å². The Morgan fingerprint density at radius 3 is 2.58 bits per heavy atom. The molecule has 0 amide bonds. The topological polar surface area (TPSA) is 90.3 Å². The molecule has 0 spiro atoms. The van der Waals surface area contributed by atoms with E-state index < -0.39 is 5.54 Å². The molecular weight excluding hydrogens is 264 g/mol. The molecular formula is C12H18N4O2S. The molecule has 4 N–H and O–H groups in total. The van der Waals surface area contributed by atoms with Crippen molar-refractivity contribution in [3.63, 3.8) is 0 Å². The van der Waals surface area contributed by atoms with Crippen molar-refractivity contribution in [1.29, 1.82) is 0 Å². The third-order valence-corrected chi connectivity index (χ3v) is 3.80. The van der Waals surface area contributed by atoms with Crippen LogP contribution in [-0.4, -0.2) is 46.0 Å². The van der Waals surface area contributed by atoms with Gasteiger partial charge in [-0.15, -0.1) is 11.3 Å². The fraction of sp³-hybridized carbons (Fsp3) is 0.500. The summed E-state index contributed by atoms with van der Waals surface area (Å²) in [5.74, 6) is 1.12. The van der Waals surface area contributed by atoms with Crippen molar-refractivity contribution in [3.8, 4) is 0 Å². The van der Waals surface area contributed by atoms with Gasteiger partial charge in [0.15, 0.2) is 0 Å². The van der Waals surface area contributed by atoms with Crippen LogP contribution in [0.5, 0.6) is 0 Å². The molecule has 0 aromatic carbocycles. The van der Waals surface area contributed by atoms with Gasteiger partial charge in [-0.25, -0.2) is 4.98 Å². The van der Waals surface area contributed by atoms with Crippen molar-refractivity contribution >= 4 is 33.3 Å². The molecule has 104 valence electrons. The predicted molar refractivity (Wildman–Crippen MR) is 77.9 cm³/mol. The van der Waals surface area contributed by atoms with E-state index in [1.54, 1.807) is 25.3 Å². The Hall–Kier alpha value is -1.44. The largest absolute Gasteiger partial charge is 0.394 e. The molecule has 0 fully saturated rings. The standard InChI is InChI=1S/C12H18N4O2S/c1-7-4-8-9(16-12(2,5-17)6-18)14-11(13-3)15-10(8)19-7/h4,17-18H,5-6H2,1-3H3,(H2,13,14,15,16). The quantitative estimate of drug-likeness (QED) is 0.659. The number of aryl methyl sites for hydroxylation is 1. The van der Waals surface area contributed by atoms with Crippen molar-refractivity contribution < 1.29 is 10.2 Å². The highest BCUT2D eigenvalue weighted by molar-refractivity contribution is 7.18. The van der Waals surface area contributed by atoms with E-state index in [9.17, 15) is 10.2 Å². The summed E-state index contributed by atoms with van der Waals surface area (Å²) in [4.78, 5) is 10.8. The molecule has 2 aromatic heterocycles. The lowest BCUT2D eigenvalue weighted by atomic mass is 10.1. The number of rotatable bonds is 5. The molecule has 0 saturated heterocycles. The van der Waals surface area contributed by atoms with E-state index in [0.29, 0.717) is 11.8 Å². The van der Waals surface area contributed by atoms with Crippen LogP contribution < -0.4 is 10.6 Å². The van der Waals surface area contributed by atoms with Gasteiger partial charge in [0.05, 0.1) is 24.1 Å². The summed E-state index contributed by atoms with van der Waals surface area (Å²) in [5.41, 5.74) is -0.817. The Kier molecular flexibility index (Phi) is 3.88. The van der Waals surface area contributed by atoms with Gasteiger partial charge in [-0.1, -0.05) is 0 Å². The summed E-state index contributed by atoms with van der Waals surface area (Å²) in [5, 5.41) is 25.7. The highest BCUT2D eigenvalue weighted by atomic mass is 32.1. The van der Waals surface area contributed by atoms with Gasteiger partial charge in [-0.05, 0) is 19.9 Å². The van der Waals surface area contributed by atoms with E-state index >= 15 is 0 Å². The van der Waals surface area contributed by atoms with Crippen LogP contribution in [0.3, 0.4) is 0 Å². The van der Waals surface area contributed by atoms with Crippen molar-refractivity contribution in [2.24, 2.45) is 0 Å². The van der Waals surface area contributed by atoms with Crippen LogP contribution in [0.15, 0.2) is 6.07 Å². The molecule has 6 nitrogen and oxygen atoms in total. The Morgan fingerprint density at radius 2 is 2.00 bits per heavy atom. The summed E-state index contributed by atoms with van der Waals surface area (Å²) in [6.07, 6.45) is 0. The Balaban J connectivity index is 2.51. The minimum Gasteiger partial charge on any atom is -0.394 e. The molecule has 0 unspecified atom stereocenters. The summed E-state index contributed by atoms with van der Waals surface area (Å²) < 4.78 is 0. The number of nitrogens with zero attached hydrogens (tertiary/aromatic N) is 2. The van der Waals surface area contributed by atoms with Gasteiger partial charge in [0.1, 0.15) is 10.6 Å². The van der Waals surface area contributed by atoms with Crippen LogP contribution in [0.25, 0.3) is 10.2 Å². The lowest BCUT2D eigenvalue weighted by Crippen LogP contribution is -2.42. The smallest absolute Gasteiger partial charge is 0.225 e. The van der Waals surface area contributed by atoms with Crippen LogP contribution >= 0.6 is 11.3 Å². The molecule has 2 rings (SSSR count). The number of anilines is 2. The normalized spacial score (nSPS) is 11.8. The zero-order chi connectivity index (χ0) is 14.0. The number of thiophene rings is 1. The van der Waals surface area contributed by atoms with Crippen molar-refractivity contribution in [2.75, 3.05) is 30.9 Å². The average molecular weight is 282 g/mol. The molecule has 0 saturated carbocycles. The lowest BCUT2D eigenvalue weighted by Gasteiger charge is -2.27. The first-order valence-electron chi connectivity index (χ1n) is 5.97. The van der Waals surface area contributed by atoms with E-state index in [4.69, 9.17) is 0 Å². The summed E-state index contributed by atoms with van der Waals surface area (Å²) in [6, 6.07) is 2.00. The summed E-state index contributed by atoms with van der Waals surface area (Å²) >= 11 is 1.58. The molecule has 0 atom stereocenters. The molecule has 0 aliphatic heterocycles. The molecule has 19 heavy (non-hydrogen) atoms. The maximum atomic E-state index is 9.37. The van der Waals surface area contributed by atoms with Gasteiger partial charge in [-0.3, -0.25) is 0 Å². The number of aliphatic hydroxyl groups is 2. The molecule has 0 aliphatic rings. The monoisotopic (exact) mass is 282 g/mol. The number of nitrogens with one attached hydrogen (secondary N) is 2. The molecule has 0 aliphatic carbocycles. The van der Waals surface area contributed by atoms with Crippen molar-refractivity contribution in [3.05, 3.63) is 10.9 Å². The Bertz CT molecular complexity index is 580. The minimum atomic E-state index is -0.817. The fourth-order valence-corrected chi connectivity index (χ4v) is 2.54. The van der Waals surface area contributed by atoms with Crippen LogP contribution in [0.2, 0.25) is 0 Å². The third kappa shape index (κ3) is 2.78. The van der Waals surface area contributed by atoms with Gasteiger partial charge >= 0.3 is 0 Å². The number of aliphatic hydroxyl groups excluding tert-OH is 2. The predicted octanol–water partition coefficient (Wildman–Crippen LogP) is 1.20. The van der Waals surface area contributed by atoms with Crippen molar-refractivity contribution in [1.82, 2.24) is 9.97 Å². The highest BCUT2D eigenvalue weighted by Crippen LogP contribution is 2.30. The maximum absolute atomic E-state index is 9.37. The second-order valence-corrected chi connectivity index (χ2v) is 5.96. The van der Waals surface area contributed by atoms with E-state index in [1.165, 1.54) is 0 Å². The fourth-order valence-electron chi connectivity index (χ4n) is 1.66.